The van der Waals surface area contributed by atoms with Crippen molar-refractivity contribution in [3.05, 3.63) is 36.2 Å². The van der Waals surface area contributed by atoms with Crippen LogP contribution in [0, 0.1) is 5.92 Å². The van der Waals surface area contributed by atoms with E-state index in [-0.39, 0.29) is 11.2 Å². The lowest BCUT2D eigenvalue weighted by Crippen LogP contribution is -2.32. The van der Waals surface area contributed by atoms with Crippen LogP contribution in [0.1, 0.15) is 25.1 Å². The fourth-order valence-corrected chi connectivity index (χ4v) is 5.00. The second-order valence-electron chi connectivity index (χ2n) is 6.34. The fourth-order valence-electron chi connectivity index (χ4n) is 3.06. The van der Waals surface area contributed by atoms with E-state index in [4.69, 9.17) is 4.52 Å². The zero-order valence-corrected chi connectivity index (χ0v) is 13.6. The molecule has 4 rings (SSSR count). The van der Waals surface area contributed by atoms with Crippen LogP contribution in [0.25, 0.3) is 11.5 Å². The van der Waals surface area contributed by atoms with E-state index in [2.05, 4.69) is 10.1 Å². The molecule has 1 saturated heterocycles. The summed E-state index contributed by atoms with van der Waals surface area (Å²) in [5.74, 6) is 1.44. The maximum absolute atomic E-state index is 12.3. The Morgan fingerprint density at radius 2 is 1.96 bits per heavy atom. The molecule has 2 fully saturated rings. The first-order chi connectivity index (χ1) is 11.1. The standard InChI is InChI=1S/C16H19N3O3S/c20-23(21,14-6-7-14)19-9-8-12(11-19)10-15-17-16(22-18-15)13-4-2-1-3-5-13/h1-5,12,14H,6-11H2. The summed E-state index contributed by atoms with van der Waals surface area (Å²) in [4.78, 5) is 4.43. The Morgan fingerprint density at radius 3 is 2.70 bits per heavy atom. The lowest BCUT2D eigenvalue weighted by atomic mass is 10.1. The van der Waals surface area contributed by atoms with Gasteiger partial charge in [-0.1, -0.05) is 23.4 Å². The van der Waals surface area contributed by atoms with Crippen LogP contribution in [0.4, 0.5) is 0 Å². The molecule has 0 N–H and O–H groups in total. The third kappa shape index (κ3) is 3.03. The van der Waals surface area contributed by atoms with Crippen molar-refractivity contribution in [2.24, 2.45) is 5.92 Å². The van der Waals surface area contributed by atoms with Crippen molar-refractivity contribution in [3.8, 4) is 11.5 Å². The van der Waals surface area contributed by atoms with Crippen LogP contribution in [0.15, 0.2) is 34.9 Å². The molecule has 2 aromatic rings. The monoisotopic (exact) mass is 333 g/mol. The third-order valence-electron chi connectivity index (χ3n) is 4.51. The molecule has 0 spiro atoms. The average molecular weight is 333 g/mol. The maximum Gasteiger partial charge on any atom is 0.257 e. The highest BCUT2D eigenvalue weighted by Gasteiger charge is 2.42. The molecule has 0 amide bonds. The number of rotatable bonds is 5. The van der Waals surface area contributed by atoms with Crippen molar-refractivity contribution in [3.63, 3.8) is 0 Å². The van der Waals surface area contributed by atoms with Crippen LogP contribution in [-0.4, -0.2) is 41.2 Å². The van der Waals surface area contributed by atoms with E-state index >= 15 is 0 Å². The highest BCUT2D eigenvalue weighted by atomic mass is 32.2. The van der Waals surface area contributed by atoms with Crippen molar-refractivity contribution in [1.82, 2.24) is 14.4 Å². The van der Waals surface area contributed by atoms with Gasteiger partial charge in [-0.15, -0.1) is 0 Å². The average Bonchev–Trinajstić information content (AvgIpc) is 3.15. The number of aromatic nitrogens is 2. The number of benzene rings is 1. The van der Waals surface area contributed by atoms with Crippen LogP contribution in [0.3, 0.4) is 0 Å². The summed E-state index contributed by atoms with van der Waals surface area (Å²) >= 11 is 0. The summed E-state index contributed by atoms with van der Waals surface area (Å²) in [6.07, 6.45) is 3.15. The molecule has 1 atom stereocenters. The first kappa shape index (κ1) is 14.8. The minimum Gasteiger partial charge on any atom is -0.334 e. The molecule has 23 heavy (non-hydrogen) atoms. The molecular weight excluding hydrogens is 314 g/mol. The largest absolute Gasteiger partial charge is 0.334 e. The molecule has 1 aliphatic carbocycles. The van der Waals surface area contributed by atoms with Crippen LogP contribution >= 0.6 is 0 Å². The Hall–Kier alpha value is -1.73. The van der Waals surface area contributed by atoms with Gasteiger partial charge in [0, 0.05) is 25.1 Å². The van der Waals surface area contributed by atoms with E-state index in [0.29, 0.717) is 31.2 Å². The normalized spacial score (nSPS) is 22.5. The Kier molecular flexibility index (Phi) is 3.69. The van der Waals surface area contributed by atoms with Gasteiger partial charge in [-0.2, -0.15) is 4.98 Å². The predicted octanol–water partition coefficient (Wildman–Crippen LogP) is 2.09. The van der Waals surface area contributed by atoms with Crippen molar-refractivity contribution < 1.29 is 12.9 Å². The molecule has 1 aliphatic heterocycles. The second-order valence-corrected chi connectivity index (χ2v) is 8.56. The molecule has 1 aromatic heterocycles. The zero-order valence-electron chi connectivity index (χ0n) is 12.8. The fraction of sp³-hybridized carbons (Fsp3) is 0.500. The van der Waals surface area contributed by atoms with Gasteiger partial charge < -0.3 is 4.52 Å². The van der Waals surface area contributed by atoms with Gasteiger partial charge in [0.25, 0.3) is 5.89 Å². The molecule has 1 aromatic carbocycles. The number of nitrogens with zero attached hydrogens (tertiary/aromatic N) is 3. The van der Waals surface area contributed by atoms with Gasteiger partial charge in [0.05, 0.1) is 5.25 Å². The topological polar surface area (TPSA) is 76.3 Å². The first-order valence-corrected chi connectivity index (χ1v) is 9.50. The Morgan fingerprint density at radius 1 is 1.17 bits per heavy atom. The van der Waals surface area contributed by atoms with Crippen LogP contribution in [0.5, 0.6) is 0 Å². The van der Waals surface area contributed by atoms with E-state index < -0.39 is 10.0 Å². The summed E-state index contributed by atoms with van der Waals surface area (Å²) in [7, 11) is -3.06. The van der Waals surface area contributed by atoms with Crippen LogP contribution < -0.4 is 0 Å². The van der Waals surface area contributed by atoms with Crippen molar-refractivity contribution in [2.45, 2.75) is 30.9 Å². The quantitative estimate of drug-likeness (QED) is 0.837. The van der Waals surface area contributed by atoms with Gasteiger partial charge in [0.2, 0.25) is 10.0 Å². The molecule has 122 valence electrons. The highest BCUT2D eigenvalue weighted by molar-refractivity contribution is 7.90. The van der Waals surface area contributed by atoms with Crippen molar-refractivity contribution in [2.75, 3.05) is 13.1 Å². The molecular formula is C16H19N3O3S. The summed E-state index contributed by atoms with van der Waals surface area (Å²) in [5.41, 5.74) is 0.899. The first-order valence-electron chi connectivity index (χ1n) is 8.00. The van der Waals surface area contributed by atoms with E-state index in [1.807, 2.05) is 30.3 Å². The summed E-state index contributed by atoms with van der Waals surface area (Å²) in [5, 5.41) is 3.91. The maximum atomic E-state index is 12.3. The summed E-state index contributed by atoms with van der Waals surface area (Å²) in [6.45, 7) is 1.20. The molecule has 6 nitrogen and oxygen atoms in total. The molecule has 0 radical (unpaired) electrons. The molecule has 0 bridgehead atoms. The van der Waals surface area contributed by atoms with Gasteiger partial charge >= 0.3 is 0 Å². The van der Waals surface area contributed by atoms with Gasteiger partial charge in [-0.05, 0) is 37.3 Å². The van der Waals surface area contributed by atoms with Crippen LogP contribution in [0.2, 0.25) is 0 Å². The molecule has 1 saturated carbocycles. The molecule has 2 aliphatic rings. The Balaban J connectivity index is 1.41. The van der Waals surface area contributed by atoms with Gasteiger partial charge in [0.1, 0.15) is 0 Å². The van der Waals surface area contributed by atoms with E-state index in [1.54, 1.807) is 4.31 Å². The minimum absolute atomic E-state index is 0.129. The Bertz CT molecular complexity index is 784. The molecule has 2 heterocycles. The lowest BCUT2D eigenvalue weighted by Gasteiger charge is -2.15. The smallest absolute Gasteiger partial charge is 0.257 e. The number of hydrogen-bond acceptors (Lipinski definition) is 5. The van der Waals surface area contributed by atoms with E-state index in [0.717, 1.165) is 24.8 Å². The Labute approximate surface area is 135 Å². The minimum atomic E-state index is -3.06. The third-order valence-corrected chi connectivity index (χ3v) is 6.88. The number of hydrogen-bond donors (Lipinski definition) is 0. The second kappa shape index (κ2) is 5.72. The predicted molar refractivity (Wildman–Crippen MR) is 85.1 cm³/mol. The molecule has 1 unspecified atom stereocenters. The summed E-state index contributed by atoms with van der Waals surface area (Å²) in [6, 6.07) is 9.65. The van der Waals surface area contributed by atoms with Crippen molar-refractivity contribution >= 4 is 10.0 Å². The van der Waals surface area contributed by atoms with Gasteiger partial charge in [-0.25, -0.2) is 12.7 Å². The molecule has 7 heteroatoms. The summed E-state index contributed by atoms with van der Waals surface area (Å²) < 4.78 is 31.5. The zero-order chi connectivity index (χ0) is 15.9. The van der Waals surface area contributed by atoms with Crippen LogP contribution in [-0.2, 0) is 16.4 Å². The highest BCUT2D eigenvalue weighted by Crippen LogP contribution is 2.34. The lowest BCUT2D eigenvalue weighted by molar-refractivity contribution is 0.411. The SMILES string of the molecule is O=S(=O)(C1CC1)N1CCC(Cc2noc(-c3ccccc3)n2)C1. The van der Waals surface area contributed by atoms with Crippen molar-refractivity contribution in [1.29, 1.82) is 0 Å². The van der Waals surface area contributed by atoms with E-state index in [1.165, 1.54) is 0 Å². The number of sulfonamides is 1. The van der Waals surface area contributed by atoms with Gasteiger partial charge in [-0.3, -0.25) is 0 Å². The van der Waals surface area contributed by atoms with E-state index in [9.17, 15) is 8.42 Å². The van der Waals surface area contributed by atoms with Gasteiger partial charge in [0.15, 0.2) is 5.82 Å².